The maximum atomic E-state index is 12.2. The number of carbonyl (C=O) groups is 2. The van der Waals surface area contributed by atoms with E-state index >= 15 is 0 Å². The number of hydrogen-bond acceptors (Lipinski definition) is 4. The summed E-state index contributed by atoms with van der Waals surface area (Å²) < 4.78 is 10.8. The van der Waals surface area contributed by atoms with Gasteiger partial charge < -0.3 is 14.1 Å². The van der Waals surface area contributed by atoms with Gasteiger partial charge in [-0.05, 0) is 51.2 Å². The Bertz CT molecular complexity index is 792. The van der Waals surface area contributed by atoms with Crippen LogP contribution in [-0.4, -0.2) is 36.0 Å². The smallest absolute Gasteiger partial charge is 0.310 e. The Labute approximate surface area is 147 Å². The second-order valence-corrected chi connectivity index (χ2v) is 6.91. The van der Waals surface area contributed by atoms with Crippen molar-refractivity contribution in [3.8, 4) is 0 Å². The molecule has 5 heteroatoms. The van der Waals surface area contributed by atoms with E-state index in [1.54, 1.807) is 6.26 Å². The summed E-state index contributed by atoms with van der Waals surface area (Å²) in [5.41, 5.74) is 3.83. The highest BCUT2D eigenvalue weighted by molar-refractivity contribution is 5.89. The minimum Gasteiger partial charge on any atom is -0.464 e. The van der Waals surface area contributed by atoms with Crippen LogP contribution in [0.5, 0.6) is 0 Å². The molecular formula is C20H25NO4. The van der Waals surface area contributed by atoms with Gasteiger partial charge in [0.15, 0.2) is 6.61 Å². The molecule has 1 aliphatic heterocycles. The SMILES string of the molecule is Cc1ccc2c(CC(=O)OCC(=O)N3CCCC[C@@H]3C)coc2c1C. The number of furan rings is 1. The lowest BCUT2D eigenvalue weighted by molar-refractivity contribution is -0.152. The Morgan fingerprint density at radius 1 is 1.28 bits per heavy atom. The van der Waals surface area contributed by atoms with Crippen molar-refractivity contribution in [2.75, 3.05) is 13.2 Å². The minimum absolute atomic E-state index is 0.107. The highest BCUT2D eigenvalue weighted by Gasteiger charge is 2.24. The summed E-state index contributed by atoms with van der Waals surface area (Å²) in [6.45, 7) is 6.64. The number of amides is 1. The second kappa shape index (κ2) is 7.30. The van der Waals surface area contributed by atoms with Crippen molar-refractivity contribution in [3.63, 3.8) is 0 Å². The summed E-state index contributed by atoms with van der Waals surface area (Å²) in [7, 11) is 0. The second-order valence-electron chi connectivity index (χ2n) is 6.91. The van der Waals surface area contributed by atoms with Crippen LogP contribution in [0.3, 0.4) is 0 Å². The van der Waals surface area contributed by atoms with Gasteiger partial charge in [0.2, 0.25) is 0 Å². The number of aryl methyl sites for hydroxylation is 2. The standard InChI is InChI=1S/C20H25NO4/c1-13-7-8-17-16(11-25-20(17)15(13)3)10-19(23)24-12-18(22)21-9-5-4-6-14(21)2/h7-8,11,14H,4-6,9-10,12H2,1-3H3/t14-/m0/s1. The third kappa shape index (κ3) is 3.70. The van der Waals surface area contributed by atoms with Gasteiger partial charge in [-0.1, -0.05) is 12.1 Å². The molecule has 2 heterocycles. The van der Waals surface area contributed by atoms with E-state index in [0.717, 1.165) is 53.5 Å². The first-order chi connectivity index (χ1) is 12.0. The van der Waals surface area contributed by atoms with Crippen molar-refractivity contribution >= 4 is 22.8 Å². The van der Waals surface area contributed by atoms with Crippen LogP contribution in [0.1, 0.15) is 42.9 Å². The lowest BCUT2D eigenvalue weighted by Gasteiger charge is -2.33. The Kier molecular flexibility index (Phi) is 5.11. The molecule has 0 saturated carbocycles. The number of carbonyl (C=O) groups excluding carboxylic acids is 2. The Morgan fingerprint density at radius 2 is 2.08 bits per heavy atom. The molecule has 1 aromatic carbocycles. The van der Waals surface area contributed by atoms with Crippen LogP contribution >= 0.6 is 0 Å². The number of ether oxygens (including phenoxy) is 1. The number of piperidine rings is 1. The molecule has 0 unspecified atom stereocenters. The first kappa shape index (κ1) is 17.5. The molecule has 1 fully saturated rings. The summed E-state index contributed by atoms with van der Waals surface area (Å²) >= 11 is 0. The van der Waals surface area contributed by atoms with E-state index in [-0.39, 0.29) is 25.0 Å². The van der Waals surface area contributed by atoms with Crippen molar-refractivity contribution < 1.29 is 18.7 Å². The number of nitrogens with zero attached hydrogens (tertiary/aromatic N) is 1. The zero-order chi connectivity index (χ0) is 18.0. The maximum Gasteiger partial charge on any atom is 0.310 e. The molecule has 3 rings (SSSR count). The van der Waals surface area contributed by atoms with Crippen LogP contribution in [0.4, 0.5) is 0 Å². The Morgan fingerprint density at radius 3 is 2.84 bits per heavy atom. The topological polar surface area (TPSA) is 59.8 Å². The molecule has 5 nitrogen and oxygen atoms in total. The zero-order valence-electron chi connectivity index (χ0n) is 15.1. The molecule has 1 saturated heterocycles. The number of hydrogen-bond donors (Lipinski definition) is 0. The fourth-order valence-corrected chi connectivity index (χ4v) is 3.43. The number of likely N-dealkylation sites (tertiary alicyclic amines) is 1. The van der Waals surface area contributed by atoms with Gasteiger partial charge in [-0.3, -0.25) is 9.59 Å². The third-order valence-corrected chi connectivity index (χ3v) is 5.16. The predicted molar refractivity (Wildman–Crippen MR) is 95.4 cm³/mol. The van der Waals surface area contributed by atoms with Crippen LogP contribution < -0.4 is 0 Å². The Balaban J connectivity index is 1.60. The predicted octanol–water partition coefficient (Wildman–Crippen LogP) is 3.54. The van der Waals surface area contributed by atoms with Gasteiger partial charge in [-0.2, -0.15) is 0 Å². The summed E-state index contributed by atoms with van der Waals surface area (Å²) in [6.07, 6.45) is 4.89. The van der Waals surface area contributed by atoms with Gasteiger partial charge >= 0.3 is 5.97 Å². The molecule has 25 heavy (non-hydrogen) atoms. The lowest BCUT2D eigenvalue weighted by atomic mass is 10.0. The van der Waals surface area contributed by atoms with E-state index in [0.29, 0.717) is 0 Å². The van der Waals surface area contributed by atoms with Crippen LogP contribution in [-0.2, 0) is 20.7 Å². The number of benzene rings is 1. The van der Waals surface area contributed by atoms with Gasteiger partial charge in [0.25, 0.3) is 5.91 Å². The molecule has 2 aromatic rings. The van der Waals surface area contributed by atoms with E-state index < -0.39 is 5.97 Å². The van der Waals surface area contributed by atoms with E-state index in [2.05, 4.69) is 0 Å². The zero-order valence-corrected chi connectivity index (χ0v) is 15.1. The van der Waals surface area contributed by atoms with E-state index in [1.807, 2.05) is 37.8 Å². The summed E-state index contributed by atoms with van der Waals surface area (Å²) in [5, 5.41) is 0.927. The van der Waals surface area contributed by atoms with Crippen molar-refractivity contribution in [3.05, 3.63) is 35.1 Å². The normalized spacial score (nSPS) is 17.7. The first-order valence-corrected chi connectivity index (χ1v) is 8.88. The highest BCUT2D eigenvalue weighted by Crippen LogP contribution is 2.27. The molecule has 1 atom stereocenters. The molecule has 0 N–H and O–H groups in total. The molecule has 0 bridgehead atoms. The molecule has 0 aliphatic carbocycles. The van der Waals surface area contributed by atoms with E-state index in [4.69, 9.17) is 9.15 Å². The quantitative estimate of drug-likeness (QED) is 0.797. The van der Waals surface area contributed by atoms with E-state index in [1.165, 1.54) is 0 Å². The molecule has 0 spiro atoms. The van der Waals surface area contributed by atoms with Gasteiger partial charge in [-0.25, -0.2) is 0 Å². The Hall–Kier alpha value is -2.30. The number of fused-ring (bicyclic) bond motifs is 1. The number of rotatable bonds is 4. The van der Waals surface area contributed by atoms with Gasteiger partial charge in [0, 0.05) is 23.5 Å². The fraction of sp³-hybridized carbons (Fsp3) is 0.500. The van der Waals surface area contributed by atoms with Gasteiger partial charge in [-0.15, -0.1) is 0 Å². The van der Waals surface area contributed by atoms with Crippen molar-refractivity contribution in [1.82, 2.24) is 4.90 Å². The average molecular weight is 343 g/mol. The molecule has 1 amide bonds. The summed E-state index contributed by atoms with van der Waals surface area (Å²) in [5.74, 6) is -0.511. The third-order valence-electron chi connectivity index (χ3n) is 5.16. The average Bonchev–Trinajstić information content (AvgIpc) is 3.00. The maximum absolute atomic E-state index is 12.2. The van der Waals surface area contributed by atoms with Crippen LogP contribution in [0.25, 0.3) is 11.0 Å². The molecule has 0 radical (unpaired) electrons. The molecule has 1 aliphatic rings. The molecular weight excluding hydrogens is 318 g/mol. The molecule has 1 aromatic heterocycles. The number of esters is 1. The van der Waals surface area contributed by atoms with Crippen molar-refractivity contribution in [2.45, 2.75) is 52.5 Å². The fourth-order valence-electron chi connectivity index (χ4n) is 3.43. The van der Waals surface area contributed by atoms with Crippen LogP contribution in [0.2, 0.25) is 0 Å². The molecule has 134 valence electrons. The highest BCUT2D eigenvalue weighted by atomic mass is 16.5. The van der Waals surface area contributed by atoms with Crippen molar-refractivity contribution in [2.24, 2.45) is 0 Å². The van der Waals surface area contributed by atoms with Crippen LogP contribution in [0, 0.1) is 13.8 Å². The monoisotopic (exact) mass is 343 g/mol. The summed E-state index contributed by atoms with van der Waals surface area (Å²) in [6, 6.07) is 4.21. The van der Waals surface area contributed by atoms with Crippen molar-refractivity contribution in [1.29, 1.82) is 0 Å². The first-order valence-electron chi connectivity index (χ1n) is 8.88. The summed E-state index contributed by atoms with van der Waals surface area (Å²) in [4.78, 5) is 26.2. The van der Waals surface area contributed by atoms with Crippen LogP contribution in [0.15, 0.2) is 22.8 Å². The largest absolute Gasteiger partial charge is 0.464 e. The van der Waals surface area contributed by atoms with Gasteiger partial charge in [0.05, 0.1) is 12.7 Å². The minimum atomic E-state index is -0.404. The van der Waals surface area contributed by atoms with Gasteiger partial charge in [0.1, 0.15) is 5.58 Å². The van der Waals surface area contributed by atoms with E-state index in [9.17, 15) is 9.59 Å². The lowest BCUT2D eigenvalue weighted by Crippen LogP contribution is -2.44.